The highest BCUT2D eigenvalue weighted by Crippen LogP contribution is 2.54. The van der Waals surface area contributed by atoms with Crippen molar-refractivity contribution < 1.29 is 0 Å². The van der Waals surface area contributed by atoms with Crippen LogP contribution in [0.25, 0.3) is 65.7 Å². The Morgan fingerprint density at radius 2 is 0.904 bits per heavy atom. The van der Waals surface area contributed by atoms with E-state index in [0.29, 0.717) is 0 Å². The first kappa shape index (κ1) is 30.4. The smallest absolute Gasteiger partial charge is 0.0625 e. The average molecular weight is 664 g/mol. The molecule has 0 bridgehead atoms. The second kappa shape index (κ2) is 11.8. The minimum absolute atomic E-state index is 0.130. The largest absolute Gasteiger partial charge is 0.309 e. The van der Waals surface area contributed by atoms with E-state index in [2.05, 4.69) is 207 Å². The Morgan fingerprint density at radius 1 is 0.365 bits per heavy atom. The molecule has 0 saturated carbocycles. The summed E-state index contributed by atoms with van der Waals surface area (Å²) in [6.07, 6.45) is 0. The molecular formula is C51H37N. The van der Waals surface area contributed by atoms with Gasteiger partial charge in [-0.2, -0.15) is 0 Å². The highest BCUT2D eigenvalue weighted by molar-refractivity contribution is 6.24. The van der Waals surface area contributed by atoms with Gasteiger partial charge in [-0.05, 0) is 90.1 Å². The number of nitrogens with zero attached hydrogens (tertiary/aromatic N) is 1. The number of rotatable bonds is 5. The van der Waals surface area contributed by atoms with Gasteiger partial charge >= 0.3 is 0 Å². The minimum Gasteiger partial charge on any atom is -0.309 e. The number of hydrogen-bond acceptors (Lipinski definition) is 1. The molecule has 0 N–H and O–H groups in total. The normalized spacial score (nSPS) is 13.0. The molecule has 246 valence electrons. The lowest BCUT2D eigenvalue weighted by atomic mass is 9.82. The average Bonchev–Trinajstić information content (AvgIpc) is 3.44. The van der Waals surface area contributed by atoms with E-state index in [1.807, 2.05) is 0 Å². The third-order valence-corrected chi connectivity index (χ3v) is 11.2. The van der Waals surface area contributed by atoms with Crippen molar-refractivity contribution >= 4 is 49.4 Å². The third-order valence-electron chi connectivity index (χ3n) is 11.2. The van der Waals surface area contributed by atoms with Crippen LogP contribution < -0.4 is 4.90 Å². The van der Waals surface area contributed by atoms with Gasteiger partial charge in [0.2, 0.25) is 0 Å². The van der Waals surface area contributed by atoms with Crippen LogP contribution in [0.1, 0.15) is 25.0 Å². The van der Waals surface area contributed by atoms with Crippen LogP contribution in [0.4, 0.5) is 17.1 Å². The summed E-state index contributed by atoms with van der Waals surface area (Å²) in [5, 5.41) is 7.45. The fourth-order valence-electron chi connectivity index (χ4n) is 8.74. The van der Waals surface area contributed by atoms with Crippen LogP contribution in [0.3, 0.4) is 0 Å². The van der Waals surface area contributed by atoms with E-state index in [1.165, 1.54) is 82.5 Å². The molecule has 1 nitrogen and oxygen atoms in total. The zero-order valence-electron chi connectivity index (χ0n) is 29.3. The van der Waals surface area contributed by atoms with Gasteiger partial charge in [-0.25, -0.2) is 0 Å². The van der Waals surface area contributed by atoms with Crippen molar-refractivity contribution in [1.29, 1.82) is 0 Å². The molecule has 0 heterocycles. The zero-order valence-corrected chi connectivity index (χ0v) is 29.3. The molecule has 1 heteroatoms. The van der Waals surface area contributed by atoms with Crippen LogP contribution in [-0.4, -0.2) is 0 Å². The predicted octanol–water partition coefficient (Wildman–Crippen LogP) is 14.3. The van der Waals surface area contributed by atoms with Crippen molar-refractivity contribution in [2.45, 2.75) is 19.3 Å². The molecule has 0 aliphatic heterocycles. The van der Waals surface area contributed by atoms with Crippen molar-refractivity contribution in [2.24, 2.45) is 0 Å². The molecule has 1 aliphatic carbocycles. The number of fused-ring (bicyclic) bond motifs is 7. The first-order chi connectivity index (χ1) is 25.6. The molecule has 52 heavy (non-hydrogen) atoms. The number of hydrogen-bond donors (Lipinski definition) is 0. The Bertz CT molecular complexity index is 2800. The summed E-state index contributed by atoms with van der Waals surface area (Å²) < 4.78 is 0. The van der Waals surface area contributed by atoms with E-state index < -0.39 is 0 Å². The standard InChI is InChI=1S/C51H37N/c1-51(2)47-26-13-12-22-42(47)43-32-31-38(33-48(43)51)52(37-29-27-35(28-30-37)34-15-4-3-5-16-34)50-46-24-11-9-21-41(46)40-20-8-10-23-45(40)49(50)44-25-14-18-36-17-6-7-19-39(36)44/h3-33H,1-2H3. The van der Waals surface area contributed by atoms with E-state index in [9.17, 15) is 0 Å². The summed E-state index contributed by atoms with van der Waals surface area (Å²) in [6, 6.07) is 69.3. The molecule has 10 rings (SSSR count). The highest BCUT2D eigenvalue weighted by atomic mass is 15.1. The van der Waals surface area contributed by atoms with Gasteiger partial charge in [0.15, 0.2) is 0 Å². The monoisotopic (exact) mass is 663 g/mol. The van der Waals surface area contributed by atoms with Gasteiger partial charge in [-0.15, -0.1) is 0 Å². The third kappa shape index (κ3) is 4.63. The summed E-state index contributed by atoms with van der Waals surface area (Å²) >= 11 is 0. The molecular weight excluding hydrogens is 627 g/mol. The summed E-state index contributed by atoms with van der Waals surface area (Å²) in [7, 11) is 0. The van der Waals surface area contributed by atoms with Gasteiger partial charge < -0.3 is 4.90 Å². The van der Waals surface area contributed by atoms with Gasteiger partial charge in [0, 0.05) is 27.7 Å². The maximum Gasteiger partial charge on any atom is 0.0625 e. The molecule has 0 saturated heterocycles. The fraction of sp³-hybridized carbons (Fsp3) is 0.0588. The van der Waals surface area contributed by atoms with E-state index in [0.717, 1.165) is 11.4 Å². The highest BCUT2D eigenvalue weighted by Gasteiger charge is 2.36. The molecule has 0 unspecified atom stereocenters. The van der Waals surface area contributed by atoms with Gasteiger partial charge in [0.05, 0.1) is 5.69 Å². The van der Waals surface area contributed by atoms with Crippen molar-refractivity contribution in [3.63, 3.8) is 0 Å². The van der Waals surface area contributed by atoms with Gasteiger partial charge in [0.1, 0.15) is 0 Å². The fourth-order valence-corrected chi connectivity index (χ4v) is 8.74. The van der Waals surface area contributed by atoms with Crippen molar-refractivity contribution in [3.8, 4) is 33.4 Å². The molecule has 0 fully saturated rings. The maximum atomic E-state index is 2.53. The van der Waals surface area contributed by atoms with Gasteiger partial charge in [-0.3, -0.25) is 0 Å². The quantitative estimate of drug-likeness (QED) is 0.166. The van der Waals surface area contributed by atoms with Crippen LogP contribution in [0.15, 0.2) is 188 Å². The lowest BCUT2D eigenvalue weighted by Gasteiger charge is -2.32. The van der Waals surface area contributed by atoms with E-state index in [4.69, 9.17) is 0 Å². The van der Waals surface area contributed by atoms with E-state index in [-0.39, 0.29) is 5.41 Å². The summed E-state index contributed by atoms with van der Waals surface area (Å²) in [5.41, 5.74) is 13.6. The van der Waals surface area contributed by atoms with Crippen molar-refractivity contribution in [3.05, 3.63) is 199 Å². The SMILES string of the molecule is CC1(C)c2ccccc2-c2ccc(N(c3ccc(-c4ccccc4)cc3)c3c(-c4cccc5ccccc45)c4ccccc4c4ccccc34)cc21. The molecule has 9 aromatic carbocycles. The summed E-state index contributed by atoms with van der Waals surface area (Å²) in [4.78, 5) is 2.53. The molecule has 0 amide bonds. The number of anilines is 3. The Morgan fingerprint density at radius 3 is 1.69 bits per heavy atom. The van der Waals surface area contributed by atoms with E-state index in [1.54, 1.807) is 0 Å². The van der Waals surface area contributed by atoms with Crippen molar-refractivity contribution in [1.82, 2.24) is 0 Å². The van der Waals surface area contributed by atoms with Crippen LogP contribution in [0.2, 0.25) is 0 Å². The Labute approximate surface area is 305 Å². The molecule has 0 atom stereocenters. The molecule has 9 aromatic rings. The lowest BCUT2D eigenvalue weighted by Crippen LogP contribution is -2.17. The zero-order chi connectivity index (χ0) is 34.8. The van der Waals surface area contributed by atoms with Crippen LogP contribution in [0.5, 0.6) is 0 Å². The molecule has 0 aromatic heterocycles. The Hall–Kier alpha value is -6.44. The predicted molar refractivity (Wildman–Crippen MR) is 222 cm³/mol. The van der Waals surface area contributed by atoms with Crippen LogP contribution in [-0.2, 0) is 5.41 Å². The maximum absolute atomic E-state index is 2.53. The first-order valence-electron chi connectivity index (χ1n) is 18.2. The lowest BCUT2D eigenvalue weighted by molar-refractivity contribution is 0.660. The molecule has 0 spiro atoms. The second-order valence-electron chi connectivity index (χ2n) is 14.5. The van der Waals surface area contributed by atoms with Gasteiger partial charge in [-0.1, -0.05) is 178 Å². The van der Waals surface area contributed by atoms with Crippen molar-refractivity contribution in [2.75, 3.05) is 4.90 Å². The Kier molecular flexibility index (Phi) is 6.91. The Balaban J connectivity index is 1.32. The summed E-state index contributed by atoms with van der Waals surface area (Å²) in [5.74, 6) is 0. The minimum atomic E-state index is -0.130. The van der Waals surface area contributed by atoms with E-state index >= 15 is 0 Å². The molecule has 0 radical (unpaired) electrons. The first-order valence-corrected chi connectivity index (χ1v) is 18.2. The summed E-state index contributed by atoms with van der Waals surface area (Å²) in [6.45, 7) is 4.74. The second-order valence-corrected chi connectivity index (χ2v) is 14.5. The van der Waals surface area contributed by atoms with Crippen LogP contribution >= 0.6 is 0 Å². The molecule has 1 aliphatic rings. The topological polar surface area (TPSA) is 3.24 Å². The van der Waals surface area contributed by atoms with Gasteiger partial charge in [0.25, 0.3) is 0 Å². The van der Waals surface area contributed by atoms with Crippen LogP contribution in [0, 0.1) is 0 Å². The number of benzene rings is 9.